The van der Waals surface area contributed by atoms with Crippen LogP contribution in [0.3, 0.4) is 0 Å². The fourth-order valence-electron chi connectivity index (χ4n) is 1.61. The topological polar surface area (TPSA) is 96.1 Å². The van der Waals surface area contributed by atoms with E-state index < -0.39 is 0 Å². The quantitative estimate of drug-likeness (QED) is 0.476. The molecule has 1 heterocycles. The maximum absolute atomic E-state index is 9.06. The van der Waals surface area contributed by atoms with Crippen molar-refractivity contribution < 1.29 is 5.11 Å². The fourth-order valence-corrected chi connectivity index (χ4v) is 1.61. The van der Waals surface area contributed by atoms with Gasteiger partial charge in [-0.25, -0.2) is 15.8 Å². The number of aliphatic hydroxyl groups excluding tert-OH is 1. The Bertz CT molecular complexity index is 532. The molecule has 0 aliphatic heterocycles. The number of nitrogens with zero attached hydrogens (tertiary/aromatic N) is 2. The maximum atomic E-state index is 9.06. The zero-order chi connectivity index (χ0) is 13.7. The number of nitrogens with two attached hydrogens (primary N) is 1. The van der Waals surface area contributed by atoms with Gasteiger partial charge in [-0.15, -0.1) is 0 Å². The van der Waals surface area contributed by atoms with Gasteiger partial charge in [-0.05, 0) is 6.92 Å². The zero-order valence-corrected chi connectivity index (χ0v) is 10.7. The summed E-state index contributed by atoms with van der Waals surface area (Å²) in [6, 6.07) is 11.2. The van der Waals surface area contributed by atoms with Crippen LogP contribution < -0.4 is 16.6 Å². The summed E-state index contributed by atoms with van der Waals surface area (Å²) in [5.41, 5.74) is 3.42. The molecule has 0 bridgehead atoms. The molecule has 6 heteroatoms. The Hall–Kier alpha value is -2.18. The first kappa shape index (κ1) is 13.3. The summed E-state index contributed by atoms with van der Waals surface area (Å²) in [7, 11) is 0. The summed E-state index contributed by atoms with van der Waals surface area (Å²) in [5, 5.41) is 12.1. The van der Waals surface area contributed by atoms with Crippen molar-refractivity contribution in [2.75, 3.05) is 17.3 Å². The number of nitrogen functional groups attached to an aromatic ring is 1. The largest absolute Gasteiger partial charge is 0.394 e. The van der Waals surface area contributed by atoms with Gasteiger partial charge in [0.2, 0.25) is 0 Å². The molecule has 2 rings (SSSR count). The summed E-state index contributed by atoms with van der Waals surface area (Å²) in [6.07, 6.45) is 0. The van der Waals surface area contributed by atoms with Gasteiger partial charge in [0.1, 0.15) is 11.6 Å². The number of hydrogen-bond donors (Lipinski definition) is 4. The predicted octanol–water partition coefficient (Wildman–Crippen LogP) is 1.22. The Balaban J connectivity index is 2.36. The summed E-state index contributed by atoms with van der Waals surface area (Å²) < 4.78 is 0. The lowest BCUT2D eigenvalue weighted by Gasteiger charge is -2.13. The van der Waals surface area contributed by atoms with E-state index in [1.54, 1.807) is 6.07 Å². The minimum Gasteiger partial charge on any atom is -0.394 e. The lowest BCUT2D eigenvalue weighted by molar-refractivity contribution is 0.281. The fraction of sp³-hybridized carbons (Fsp3) is 0.231. The van der Waals surface area contributed by atoms with Crippen molar-refractivity contribution in [2.45, 2.75) is 13.0 Å². The van der Waals surface area contributed by atoms with Gasteiger partial charge in [-0.2, -0.15) is 0 Å². The smallest absolute Gasteiger partial charge is 0.163 e. The van der Waals surface area contributed by atoms with Gasteiger partial charge >= 0.3 is 0 Å². The van der Waals surface area contributed by atoms with Crippen LogP contribution in [-0.4, -0.2) is 27.7 Å². The number of hydrogen-bond acceptors (Lipinski definition) is 6. The van der Waals surface area contributed by atoms with E-state index in [4.69, 9.17) is 10.9 Å². The molecule has 1 unspecified atom stereocenters. The Morgan fingerprint density at radius 3 is 2.53 bits per heavy atom. The molecule has 2 aromatic rings. The highest BCUT2D eigenvalue weighted by molar-refractivity contribution is 5.61. The second-order valence-electron chi connectivity index (χ2n) is 4.20. The normalized spacial score (nSPS) is 11.9. The molecule has 0 radical (unpaired) electrons. The van der Waals surface area contributed by atoms with Gasteiger partial charge in [0.05, 0.1) is 6.61 Å². The molecule has 100 valence electrons. The van der Waals surface area contributed by atoms with Crippen LogP contribution in [0.25, 0.3) is 11.4 Å². The number of aromatic nitrogens is 2. The third kappa shape index (κ3) is 3.40. The predicted molar refractivity (Wildman–Crippen MR) is 75.4 cm³/mol. The zero-order valence-electron chi connectivity index (χ0n) is 10.7. The van der Waals surface area contributed by atoms with E-state index in [-0.39, 0.29) is 12.6 Å². The summed E-state index contributed by atoms with van der Waals surface area (Å²) in [6.45, 7) is 1.88. The Morgan fingerprint density at radius 1 is 1.21 bits per heavy atom. The SMILES string of the molecule is CC(CO)Nc1cc(NN)nc(-c2ccccc2)n1. The monoisotopic (exact) mass is 259 g/mol. The summed E-state index contributed by atoms with van der Waals surface area (Å²) in [5.74, 6) is 7.11. The first-order valence-corrected chi connectivity index (χ1v) is 6.01. The Labute approximate surface area is 111 Å². The molecule has 5 N–H and O–H groups in total. The van der Waals surface area contributed by atoms with Crippen LogP contribution in [0.4, 0.5) is 11.6 Å². The molecular formula is C13H17N5O. The van der Waals surface area contributed by atoms with Crippen molar-refractivity contribution in [1.82, 2.24) is 9.97 Å². The van der Waals surface area contributed by atoms with Crippen molar-refractivity contribution in [2.24, 2.45) is 5.84 Å². The standard InChI is InChI=1S/C13H17N5O/c1-9(8-19)15-11-7-12(18-14)17-13(16-11)10-5-3-2-4-6-10/h2-7,9,19H,8,14H2,1H3,(H2,15,16,17,18). The average Bonchev–Trinajstić information content (AvgIpc) is 2.47. The van der Waals surface area contributed by atoms with Gasteiger partial charge in [0, 0.05) is 17.7 Å². The lowest BCUT2D eigenvalue weighted by atomic mass is 10.2. The molecule has 0 saturated heterocycles. The van der Waals surface area contributed by atoms with Gasteiger partial charge in [-0.1, -0.05) is 30.3 Å². The molecule has 0 amide bonds. The van der Waals surface area contributed by atoms with Crippen molar-refractivity contribution >= 4 is 11.6 Å². The minimum atomic E-state index is -0.0934. The average molecular weight is 259 g/mol. The van der Waals surface area contributed by atoms with Crippen LogP contribution in [0.2, 0.25) is 0 Å². The van der Waals surface area contributed by atoms with E-state index in [1.807, 2.05) is 37.3 Å². The van der Waals surface area contributed by atoms with Gasteiger partial charge in [-0.3, -0.25) is 0 Å². The molecular weight excluding hydrogens is 242 g/mol. The highest BCUT2D eigenvalue weighted by atomic mass is 16.3. The van der Waals surface area contributed by atoms with Crippen molar-refractivity contribution in [3.8, 4) is 11.4 Å². The molecule has 6 nitrogen and oxygen atoms in total. The number of benzene rings is 1. The van der Waals surface area contributed by atoms with E-state index in [9.17, 15) is 0 Å². The van der Waals surface area contributed by atoms with Crippen molar-refractivity contribution in [3.63, 3.8) is 0 Å². The second-order valence-corrected chi connectivity index (χ2v) is 4.20. The van der Waals surface area contributed by atoms with E-state index in [0.717, 1.165) is 5.56 Å². The van der Waals surface area contributed by atoms with E-state index in [1.165, 1.54) is 0 Å². The molecule has 0 saturated carbocycles. The highest BCUT2D eigenvalue weighted by Gasteiger charge is 2.08. The Morgan fingerprint density at radius 2 is 1.89 bits per heavy atom. The minimum absolute atomic E-state index is 0.0239. The maximum Gasteiger partial charge on any atom is 0.163 e. The third-order valence-corrected chi connectivity index (χ3v) is 2.57. The first-order valence-electron chi connectivity index (χ1n) is 6.01. The molecule has 1 aromatic carbocycles. The van der Waals surface area contributed by atoms with E-state index in [2.05, 4.69) is 20.7 Å². The summed E-state index contributed by atoms with van der Waals surface area (Å²) >= 11 is 0. The molecule has 1 atom stereocenters. The molecule has 0 spiro atoms. The van der Waals surface area contributed by atoms with Crippen LogP contribution >= 0.6 is 0 Å². The number of anilines is 2. The van der Waals surface area contributed by atoms with Crippen LogP contribution in [0.1, 0.15) is 6.92 Å². The highest BCUT2D eigenvalue weighted by Crippen LogP contribution is 2.19. The molecule has 0 fully saturated rings. The van der Waals surface area contributed by atoms with E-state index in [0.29, 0.717) is 17.5 Å². The second kappa shape index (κ2) is 6.12. The van der Waals surface area contributed by atoms with Gasteiger partial charge in [0.15, 0.2) is 5.82 Å². The van der Waals surface area contributed by atoms with Crippen LogP contribution in [0, 0.1) is 0 Å². The van der Waals surface area contributed by atoms with Crippen LogP contribution in [-0.2, 0) is 0 Å². The molecule has 0 aliphatic carbocycles. The van der Waals surface area contributed by atoms with Gasteiger partial charge < -0.3 is 15.8 Å². The number of aliphatic hydroxyl groups is 1. The summed E-state index contributed by atoms with van der Waals surface area (Å²) in [4.78, 5) is 8.72. The van der Waals surface area contributed by atoms with Crippen molar-refractivity contribution in [1.29, 1.82) is 0 Å². The van der Waals surface area contributed by atoms with Crippen LogP contribution in [0.15, 0.2) is 36.4 Å². The molecule has 1 aromatic heterocycles. The number of rotatable bonds is 5. The number of hydrazine groups is 1. The van der Waals surface area contributed by atoms with Gasteiger partial charge in [0.25, 0.3) is 0 Å². The van der Waals surface area contributed by atoms with Crippen LogP contribution in [0.5, 0.6) is 0 Å². The van der Waals surface area contributed by atoms with Crippen molar-refractivity contribution in [3.05, 3.63) is 36.4 Å². The van der Waals surface area contributed by atoms with E-state index >= 15 is 0 Å². The Kier molecular flexibility index (Phi) is 4.27. The first-order chi connectivity index (χ1) is 9.22. The lowest BCUT2D eigenvalue weighted by Crippen LogP contribution is -2.21. The molecule has 19 heavy (non-hydrogen) atoms. The number of nitrogens with one attached hydrogen (secondary N) is 2. The third-order valence-electron chi connectivity index (χ3n) is 2.57. The molecule has 0 aliphatic rings.